The van der Waals surface area contributed by atoms with Crippen molar-refractivity contribution in [1.82, 2.24) is 10.2 Å². The maximum atomic E-state index is 12.2. The number of hydrogen-bond donors (Lipinski definition) is 1. The maximum absolute atomic E-state index is 12.2. The van der Waals surface area contributed by atoms with Crippen molar-refractivity contribution < 1.29 is 13.2 Å². The largest absolute Gasteiger partial charge is 0.445 e. The molecule has 92 valence electrons. The summed E-state index contributed by atoms with van der Waals surface area (Å²) < 4.78 is 36.6. The highest BCUT2D eigenvalue weighted by Gasteiger charge is 2.35. The summed E-state index contributed by atoms with van der Waals surface area (Å²) in [6.45, 7) is 1.86. The number of hydrogen-bond acceptors (Lipinski definition) is 4. The van der Waals surface area contributed by atoms with Gasteiger partial charge in [0.2, 0.25) is 10.1 Å². The standard InChI is InChI=1S/C8H11ClF3N3S/c1-5(3-2-4-9)13-7-15-14-6(16-7)8(10,11)12/h5H,2-4H2,1H3,(H,13,15). The second-order valence-corrected chi connectivity index (χ2v) is 4.64. The van der Waals surface area contributed by atoms with Crippen LogP contribution in [0.2, 0.25) is 0 Å². The average molecular weight is 274 g/mol. The van der Waals surface area contributed by atoms with E-state index in [9.17, 15) is 13.2 Å². The summed E-state index contributed by atoms with van der Waals surface area (Å²) in [5.74, 6) is 0.538. The van der Waals surface area contributed by atoms with E-state index in [1.54, 1.807) is 0 Å². The van der Waals surface area contributed by atoms with Crippen LogP contribution in [0.3, 0.4) is 0 Å². The van der Waals surface area contributed by atoms with Crippen molar-refractivity contribution >= 4 is 28.1 Å². The molecule has 0 spiro atoms. The minimum Gasteiger partial charge on any atom is -0.358 e. The average Bonchev–Trinajstić information content (AvgIpc) is 2.62. The van der Waals surface area contributed by atoms with E-state index in [0.29, 0.717) is 17.2 Å². The maximum Gasteiger partial charge on any atom is 0.445 e. The molecule has 0 saturated heterocycles. The Kier molecular flexibility index (Phi) is 4.79. The van der Waals surface area contributed by atoms with Crippen LogP contribution in [0.1, 0.15) is 24.8 Å². The topological polar surface area (TPSA) is 37.8 Å². The summed E-state index contributed by atoms with van der Waals surface area (Å²) in [4.78, 5) is 0. The highest BCUT2D eigenvalue weighted by atomic mass is 35.5. The molecule has 1 aromatic rings. The quantitative estimate of drug-likeness (QED) is 0.836. The molecule has 1 rings (SSSR count). The molecule has 1 N–H and O–H groups in total. The SMILES string of the molecule is CC(CCCCl)Nc1nnc(C(F)(F)F)s1. The molecule has 16 heavy (non-hydrogen) atoms. The molecule has 0 fully saturated rings. The molecule has 1 heterocycles. The molecule has 0 aliphatic heterocycles. The van der Waals surface area contributed by atoms with Gasteiger partial charge in [-0.25, -0.2) is 0 Å². The number of anilines is 1. The Hall–Kier alpha value is -0.560. The first-order valence-corrected chi connectivity index (χ1v) is 6.01. The molecule has 1 aromatic heterocycles. The third kappa shape index (κ3) is 4.13. The third-order valence-electron chi connectivity index (χ3n) is 1.81. The zero-order valence-electron chi connectivity index (χ0n) is 8.51. The lowest BCUT2D eigenvalue weighted by Crippen LogP contribution is -2.14. The Morgan fingerprint density at radius 1 is 1.44 bits per heavy atom. The van der Waals surface area contributed by atoms with E-state index in [1.807, 2.05) is 6.92 Å². The number of rotatable bonds is 5. The molecule has 0 bridgehead atoms. The van der Waals surface area contributed by atoms with E-state index in [2.05, 4.69) is 15.5 Å². The van der Waals surface area contributed by atoms with E-state index < -0.39 is 11.2 Å². The first-order valence-electron chi connectivity index (χ1n) is 4.66. The lowest BCUT2D eigenvalue weighted by atomic mass is 10.2. The van der Waals surface area contributed by atoms with Gasteiger partial charge in [-0.2, -0.15) is 13.2 Å². The normalized spacial score (nSPS) is 13.8. The van der Waals surface area contributed by atoms with Gasteiger partial charge in [0.1, 0.15) is 0 Å². The lowest BCUT2D eigenvalue weighted by Gasteiger charge is -2.10. The van der Waals surface area contributed by atoms with Crippen molar-refractivity contribution in [3.05, 3.63) is 5.01 Å². The van der Waals surface area contributed by atoms with Crippen LogP contribution >= 0.6 is 22.9 Å². The van der Waals surface area contributed by atoms with Crippen molar-refractivity contribution in [3.8, 4) is 0 Å². The fraction of sp³-hybridized carbons (Fsp3) is 0.750. The van der Waals surface area contributed by atoms with Gasteiger partial charge < -0.3 is 5.32 Å². The summed E-state index contributed by atoms with van der Waals surface area (Å²) in [5.41, 5.74) is 0. The summed E-state index contributed by atoms with van der Waals surface area (Å²) in [6.07, 6.45) is -2.83. The predicted molar refractivity (Wildman–Crippen MR) is 57.9 cm³/mol. The molecule has 3 nitrogen and oxygen atoms in total. The van der Waals surface area contributed by atoms with Gasteiger partial charge >= 0.3 is 6.18 Å². The molecule has 0 saturated carbocycles. The van der Waals surface area contributed by atoms with Gasteiger partial charge in [0.15, 0.2) is 0 Å². The van der Waals surface area contributed by atoms with Crippen LogP contribution < -0.4 is 5.32 Å². The minimum absolute atomic E-state index is 0.0350. The van der Waals surface area contributed by atoms with E-state index in [4.69, 9.17) is 11.6 Å². The van der Waals surface area contributed by atoms with Crippen molar-refractivity contribution in [2.75, 3.05) is 11.2 Å². The number of aromatic nitrogens is 2. The second-order valence-electron chi connectivity index (χ2n) is 3.29. The first-order chi connectivity index (χ1) is 7.43. The second kappa shape index (κ2) is 5.67. The zero-order chi connectivity index (χ0) is 12.2. The smallest absolute Gasteiger partial charge is 0.358 e. The van der Waals surface area contributed by atoms with Gasteiger partial charge in [0.05, 0.1) is 0 Å². The summed E-state index contributed by atoms with van der Waals surface area (Å²) in [6, 6.07) is 0.0350. The molecule has 0 aliphatic rings. The van der Waals surface area contributed by atoms with Crippen LogP contribution in [0.25, 0.3) is 0 Å². The van der Waals surface area contributed by atoms with E-state index >= 15 is 0 Å². The number of halogens is 4. The van der Waals surface area contributed by atoms with Gasteiger partial charge in [0, 0.05) is 11.9 Å². The summed E-state index contributed by atoms with van der Waals surface area (Å²) >= 11 is 6.02. The Morgan fingerprint density at radius 2 is 2.12 bits per heavy atom. The number of nitrogens with one attached hydrogen (secondary N) is 1. The van der Waals surface area contributed by atoms with E-state index in [1.165, 1.54) is 0 Å². The predicted octanol–water partition coefficient (Wildman–Crippen LogP) is 3.38. The fourth-order valence-corrected chi connectivity index (χ4v) is 1.94. The monoisotopic (exact) mass is 273 g/mol. The Bertz CT molecular complexity index is 329. The number of alkyl halides is 4. The summed E-state index contributed by atoms with van der Waals surface area (Å²) in [5, 5.41) is 8.62. The Labute approximate surface area is 100 Å². The molecule has 0 amide bonds. The van der Waals surface area contributed by atoms with Crippen LogP contribution in [0.15, 0.2) is 0 Å². The first kappa shape index (κ1) is 13.5. The highest BCUT2D eigenvalue weighted by Crippen LogP contribution is 2.33. The molecule has 8 heteroatoms. The molecule has 0 aliphatic carbocycles. The van der Waals surface area contributed by atoms with Crippen LogP contribution in [-0.2, 0) is 6.18 Å². The molecular formula is C8H11ClF3N3S. The highest BCUT2D eigenvalue weighted by molar-refractivity contribution is 7.15. The van der Waals surface area contributed by atoms with Gasteiger partial charge in [-0.1, -0.05) is 11.3 Å². The Morgan fingerprint density at radius 3 is 2.62 bits per heavy atom. The van der Waals surface area contributed by atoms with E-state index in [-0.39, 0.29) is 11.2 Å². The van der Waals surface area contributed by atoms with Crippen LogP contribution in [0.4, 0.5) is 18.3 Å². The fourth-order valence-electron chi connectivity index (χ4n) is 1.06. The summed E-state index contributed by atoms with van der Waals surface area (Å²) in [7, 11) is 0. The molecule has 0 aromatic carbocycles. The van der Waals surface area contributed by atoms with Gasteiger partial charge in [-0.15, -0.1) is 21.8 Å². The van der Waals surface area contributed by atoms with Crippen LogP contribution in [-0.4, -0.2) is 22.1 Å². The van der Waals surface area contributed by atoms with Gasteiger partial charge in [0.25, 0.3) is 0 Å². The van der Waals surface area contributed by atoms with Crippen molar-refractivity contribution in [1.29, 1.82) is 0 Å². The van der Waals surface area contributed by atoms with Crippen molar-refractivity contribution in [2.45, 2.75) is 32.0 Å². The Balaban J connectivity index is 2.52. The van der Waals surface area contributed by atoms with Crippen LogP contribution in [0.5, 0.6) is 0 Å². The molecule has 1 unspecified atom stereocenters. The molecular weight excluding hydrogens is 263 g/mol. The number of nitrogens with zero attached hydrogens (tertiary/aromatic N) is 2. The molecule has 1 atom stereocenters. The minimum atomic E-state index is -4.42. The zero-order valence-corrected chi connectivity index (χ0v) is 10.1. The van der Waals surface area contributed by atoms with Gasteiger partial charge in [-0.05, 0) is 19.8 Å². The molecule has 0 radical (unpaired) electrons. The van der Waals surface area contributed by atoms with Crippen molar-refractivity contribution in [2.24, 2.45) is 0 Å². The van der Waals surface area contributed by atoms with Crippen LogP contribution in [0, 0.1) is 0 Å². The van der Waals surface area contributed by atoms with Crippen molar-refractivity contribution in [3.63, 3.8) is 0 Å². The lowest BCUT2D eigenvalue weighted by molar-refractivity contribution is -0.138. The van der Waals surface area contributed by atoms with Gasteiger partial charge in [-0.3, -0.25) is 0 Å². The van der Waals surface area contributed by atoms with E-state index in [0.717, 1.165) is 12.8 Å². The third-order valence-corrected chi connectivity index (χ3v) is 2.97.